The second-order valence-electron chi connectivity index (χ2n) is 5.86. The van der Waals surface area contributed by atoms with Crippen molar-refractivity contribution in [2.24, 2.45) is 11.7 Å². The summed E-state index contributed by atoms with van der Waals surface area (Å²) in [7, 11) is 0. The van der Waals surface area contributed by atoms with Crippen molar-refractivity contribution in [1.29, 1.82) is 0 Å². The zero-order chi connectivity index (χ0) is 17.7. The summed E-state index contributed by atoms with van der Waals surface area (Å²) in [6.45, 7) is 3.53. The van der Waals surface area contributed by atoms with Gasteiger partial charge in [0.2, 0.25) is 5.91 Å². The first-order valence-electron chi connectivity index (χ1n) is 7.99. The van der Waals surface area contributed by atoms with Crippen LogP contribution < -0.4 is 11.1 Å². The van der Waals surface area contributed by atoms with Crippen LogP contribution in [-0.2, 0) is 4.79 Å². The monoisotopic (exact) mass is 332 g/mol. The molecule has 0 heterocycles. The van der Waals surface area contributed by atoms with E-state index in [0.29, 0.717) is 6.42 Å². The number of hydrogen-bond acceptors (Lipinski definition) is 2. The molecule has 0 aliphatic carbocycles. The van der Waals surface area contributed by atoms with Gasteiger partial charge in [-0.3, -0.25) is 4.79 Å². The highest BCUT2D eigenvalue weighted by molar-refractivity contribution is 5.79. The van der Waals surface area contributed by atoms with E-state index in [9.17, 15) is 13.6 Å². The van der Waals surface area contributed by atoms with E-state index in [1.54, 1.807) is 13.8 Å². The first-order chi connectivity index (χ1) is 11.4. The molecular weight excluding hydrogens is 310 g/mol. The average Bonchev–Trinajstić information content (AvgIpc) is 2.61. The van der Waals surface area contributed by atoms with Crippen LogP contribution in [0.2, 0.25) is 0 Å². The largest absolute Gasteiger partial charge is 0.349 e. The lowest BCUT2D eigenvalue weighted by molar-refractivity contribution is -0.126. The fraction of sp³-hybridized carbons (Fsp3) is 0.316. The Kier molecular flexibility index (Phi) is 6.04. The molecule has 0 radical (unpaired) electrons. The molecule has 0 aliphatic rings. The van der Waals surface area contributed by atoms with E-state index in [4.69, 9.17) is 5.73 Å². The van der Waals surface area contributed by atoms with Crippen LogP contribution in [0.3, 0.4) is 0 Å². The maximum atomic E-state index is 13.9. The Hall–Kier alpha value is -2.27. The van der Waals surface area contributed by atoms with Gasteiger partial charge in [-0.1, -0.05) is 44.2 Å². The van der Waals surface area contributed by atoms with E-state index < -0.39 is 29.6 Å². The zero-order valence-corrected chi connectivity index (χ0v) is 13.8. The first-order valence-corrected chi connectivity index (χ1v) is 7.99. The van der Waals surface area contributed by atoms with Crippen LogP contribution in [-0.4, -0.2) is 5.91 Å². The Morgan fingerprint density at radius 2 is 1.83 bits per heavy atom. The molecule has 5 heteroatoms. The SMILES string of the molecule is CCC(NC(=O)C(C)C(N)c1ccccc1)c1cc(F)ccc1F. The van der Waals surface area contributed by atoms with E-state index in [1.165, 1.54) is 0 Å². The fourth-order valence-corrected chi connectivity index (χ4v) is 2.61. The van der Waals surface area contributed by atoms with Crippen LogP contribution in [0.15, 0.2) is 48.5 Å². The molecule has 0 fully saturated rings. The summed E-state index contributed by atoms with van der Waals surface area (Å²) in [5.41, 5.74) is 7.15. The molecular formula is C19H22F2N2O. The van der Waals surface area contributed by atoms with Gasteiger partial charge in [-0.25, -0.2) is 8.78 Å². The van der Waals surface area contributed by atoms with E-state index in [0.717, 1.165) is 23.8 Å². The number of rotatable bonds is 6. The Morgan fingerprint density at radius 1 is 1.17 bits per heavy atom. The molecule has 24 heavy (non-hydrogen) atoms. The van der Waals surface area contributed by atoms with Gasteiger partial charge in [-0.05, 0) is 30.2 Å². The maximum Gasteiger partial charge on any atom is 0.225 e. The molecule has 3 unspecified atom stereocenters. The highest BCUT2D eigenvalue weighted by Gasteiger charge is 2.25. The van der Waals surface area contributed by atoms with Crippen molar-refractivity contribution in [3.8, 4) is 0 Å². The van der Waals surface area contributed by atoms with Gasteiger partial charge < -0.3 is 11.1 Å². The van der Waals surface area contributed by atoms with Crippen molar-refractivity contribution in [3.05, 3.63) is 71.3 Å². The first kappa shape index (κ1) is 18.1. The predicted molar refractivity (Wildman–Crippen MR) is 90.1 cm³/mol. The number of amides is 1. The molecule has 2 aromatic carbocycles. The Bertz CT molecular complexity index is 691. The van der Waals surface area contributed by atoms with Crippen LogP contribution in [0.5, 0.6) is 0 Å². The molecule has 128 valence electrons. The van der Waals surface area contributed by atoms with Crippen LogP contribution in [0, 0.1) is 17.6 Å². The van der Waals surface area contributed by atoms with Gasteiger partial charge in [0.05, 0.1) is 12.0 Å². The van der Waals surface area contributed by atoms with Gasteiger partial charge in [0, 0.05) is 11.6 Å². The summed E-state index contributed by atoms with van der Waals surface area (Å²) in [5.74, 6) is -1.86. The molecule has 0 spiro atoms. The topological polar surface area (TPSA) is 55.1 Å². The number of carbonyl (C=O) groups is 1. The molecule has 0 saturated heterocycles. The molecule has 2 rings (SSSR count). The van der Waals surface area contributed by atoms with Crippen LogP contribution in [0.25, 0.3) is 0 Å². The number of nitrogens with two attached hydrogens (primary N) is 1. The number of carbonyl (C=O) groups excluding carboxylic acids is 1. The Morgan fingerprint density at radius 3 is 2.46 bits per heavy atom. The third-order valence-corrected chi connectivity index (χ3v) is 4.19. The van der Waals surface area contributed by atoms with Crippen molar-refractivity contribution in [3.63, 3.8) is 0 Å². The number of halogens is 2. The van der Waals surface area contributed by atoms with E-state index >= 15 is 0 Å². The van der Waals surface area contributed by atoms with Gasteiger partial charge in [0.15, 0.2) is 0 Å². The quantitative estimate of drug-likeness (QED) is 0.844. The zero-order valence-electron chi connectivity index (χ0n) is 13.8. The normalized spacial score (nSPS) is 14.7. The standard InChI is InChI=1S/C19H22F2N2O/c1-3-17(15-11-14(20)9-10-16(15)21)23-19(24)12(2)18(22)13-7-5-4-6-8-13/h4-12,17-18H,3,22H2,1-2H3,(H,23,24). The molecule has 0 saturated carbocycles. The van der Waals surface area contributed by atoms with Crippen molar-refractivity contribution in [1.82, 2.24) is 5.32 Å². The van der Waals surface area contributed by atoms with Gasteiger partial charge in [-0.2, -0.15) is 0 Å². The summed E-state index contributed by atoms with van der Waals surface area (Å²) < 4.78 is 27.3. The summed E-state index contributed by atoms with van der Waals surface area (Å²) >= 11 is 0. The summed E-state index contributed by atoms with van der Waals surface area (Å²) in [6.07, 6.45) is 0.444. The smallest absolute Gasteiger partial charge is 0.225 e. The molecule has 0 aliphatic heterocycles. The molecule has 1 amide bonds. The van der Waals surface area contributed by atoms with Crippen molar-refractivity contribution in [2.45, 2.75) is 32.4 Å². The minimum Gasteiger partial charge on any atom is -0.349 e. The highest BCUT2D eigenvalue weighted by atomic mass is 19.1. The molecule has 3 atom stereocenters. The van der Waals surface area contributed by atoms with Gasteiger partial charge in [0.1, 0.15) is 11.6 Å². The minimum absolute atomic E-state index is 0.145. The molecule has 0 bridgehead atoms. The van der Waals surface area contributed by atoms with E-state index in [2.05, 4.69) is 5.32 Å². The Balaban J connectivity index is 2.13. The number of hydrogen-bond donors (Lipinski definition) is 2. The molecule has 3 nitrogen and oxygen atoms in total. The van der Waals surface area contributed by atoms with Crippen LogP contribution >= 0.6 is 0 Å². The average molecular weight is 332 g/mol. The van der Waals surface area contributed by atoms with Crippen molar-refractivity contribution >= 4 is 5.91 Å². The third kappa shape index (κ3) is 4.17. The lowest BCUT2D eigenvalue weighted by atomic mass is 9.93. The maximum absolute atomic E-state index is 13.9. The lowest BCUT2D eigenvalue weighted by Crippen LogP contribution is -2.37. The van der Waals surface area contributed by atoms with Crippen molar-refractivity contribution in [2.75, 3.05) is 0 Å². The van der Waals surface area contributed by atoms with E-state index in [-0.39, 0.29) is 11.5 Å². The highest BCUT2D eigenvalue weighted by Crippen LogP contribution is 2.24. The Labute approximate surface area is 140 Å². The van der Waals surface area contributed by atoms with Crippen LogP contribution in [0.4, 0.5) is 8.78 Å². The second-order valence-corrected chi connectivity index (χ2v) is 5.86. The second kappa shape index (κ2) is 8.02. The van der Waals surface area contributed by atoms with Gasteiger partial charge >= 0.3 is 0 Å². The lowest BCUT2D eigenvalue weighted by Gasteiger charge is -2.24. The fourth-order valence-electron chi connectivity index (χ4n) is 2.61. The molecule has 0 aromatic heterocycles. The number of nitrogens with one attached hydrogen (secondary N) is 1. The number of benzene rings is 2. The third-order valence-electron chi connectivity index (χ3n) is 4.19. The summed E-state index contributed by atoms with van der Waals surface area (Å²) in [5, 5.41) is 2.78. The summed E-state index contributed by atoms with van der Waals surface area (Å²) in [4.78, 5) is 12.5. The van der Waals surface area contributed by atoms with Gasteiger partial charge in [0.25, 0.3) is 0 Å². The van der Waals surface area contributed by atoms with Gasteiger partial charge in [-0.15, -0.1) is 0 Å². The minimum atomic E-state index is -0.598. The summed E-state index contributed by atoms with van der Waals surface area (Å²) in [6, 6.07) is 11.5. The molecule has 3 N–H and O–H groups in total. The van der Waals surface area contributed by atoms with Crippen molar-refractivity contribution < 1.29 is 13.6 Å². The van der Waals surface area contributed by atoms with E-state index in [1.807, 2.05) is 30.3 Å². The molecule has 2 aromatic rings. The predicted octanol–water partition coefficient (Wildman–Crippen LogP) is 3.87. The van der Waals surface area contributed by atoms with Crippen LogP contribution in [0.1, 0.15) is 43.5 Å².